The van der Waals surface area contributed by atoms with Crippen molar-refractivity contribution in [2.75, 3.05) is 14.7 Å². The fourth-order valence-corrected chi connectivity index (χ4v) is 13.8. The molecule has 2 aliphatic heterocycles. The molecule has 0 spiro atoms. The summed E-state index contributed by atoms with van der Waals surface area (Å²) in [4.78, 5) is 7.24. The topological polar surface area (TPSA) is 19.0 Å². The van der Waals surface area contributed by atoms with Crippen LogP contribution in [0.25, 0.3) is 40.3 Å². The van der Waals surface area contributed by atoms with Crippen LogP contribution in [0.15, 0.2) is 212 Å². The van der Waals surface area contributed by atoms with Gasteiger partial charge in [-0.2, -0.15) is 0 Å². The van der Waals surface area contributed by atoms with E-state index >= 15 is 0 Å². The highest BCUT2D eigenvalue weighted by Crippen LogP contribution is 2.48. The lowest BCUT2D eigenvalue weighted by Crippen LogP contribution is -2.59. The van der Waals surface area contributed by atoms with Crippen LogP contribution in [0.4, 0.5) is 51.2 Å². The molecule has 7 heteroatoms. The van der Waals surface area contributed by atoms with E-state index in [-0.39, 0.29) is 6.71 Å². The van der Waals surface area contributed by atoms with E-state index in [1.165, 1.54) is 90.5 Å². The summed E-state index contributed by atoms with van der Waals surface area (Å²) in [5.41, 5.74) is 17.9. The second kappa shape index (κ2) is 16.0. The molecule has 0 radical (unpaired) electrons. The van der Waals surface area contributed by atoms with Crippen LogP contribution >= 0.6 is 22.7 Å². The average Bonchev–Trinajstić information content (AvgIpc) is 3.93. The second-order valence-electron chi connectivity index (χ2n) is 18.7. The predicted octanol–water partition coefficient (Wildman–Crippen LogP) is 16.7. The van der Waals surface area contributed by atoms with Gasteiger partial charge in [0.15, 0.2) is 0 Å². The first-order valence-electron chi connectivity index (χ1n) is 23.9. The van der Waals surface area contributed by atoms with Gasteiger partial charge in [-0.3, -0.25) is 0 Å². The van der Waals surface area contributed by atoms with Crippen molar-refractivity contribution < 1.29 is 4.74 Å². The van der Waals surface area contributed by atoms with Gasteiger partial charge in [0.05, 0.1) is 5.69 Å². The van der Waals surface area contributed by atoms with Crippen LogP contribution in [0.1, 0.15) is 16.7 Å². The first-order valence-corrected chi connectivity index (χ1v) is 25.6. The van der Waals surface area contributed by atoms with Crippen molar-refractivity contribution in [2.45, 2.75) is 20.8 Å². The van der Waals surface area contributed by atoms with Crippen LogP contribution in [0.5, 0.6) is 11.5 Å². The highest BCUT2D eigenvalue weighted by molar-refractivity contribution is 7.26. The molecule has 0 fully saturated rings. The summed E-state index contributed by atoms with van der Waals surface area (Å²) in [5, 5.41) is 4.99. The molecule has 12 aromatic rings. The summed E-state index contributed by atoms with van der Waals surface area (Å²) < 4.78 is 12.2. The zero-order chi connectivity index (χ0) is 46.6. The first kappa shape index (κ1) is 40.9. The number of hydrogen-bond donors (Lipinski definition) is 0. The van der Waals surface area contributed by atoms with E-state index in [1.807, 2.05) is 22.7 Å². The second-order valence-corrected chi connectivity index (χ2v) is 20.8. The van der Waals surface area contributed by atoms with Gasteiger partial charge in [-0.25, -0.2) is 0 Å². The maximum absolute atomic E-state index is 7.12. The predicted molar refractivity (Wildman–Crippen MR) is 302 cm³/mol. The highest BCUT2D eigenvalue weighted by atomic mass is 32.1. The SMILES string of the molecule is Cc1cc(C)c(N2c3cc4c(cc3B3c5cc6sc7cc(N(c8ccccc8)c8ccccc8)ccc7c6cc5Oc5cccc2c53)sc2cc(N(c3ccccc3)c3ccccc3)ccc24)c(C)c1. The summed E-state index contributed by atoms with van der Waals surface area (Å²) in [5.74, 6) is 1.84. The smallest absolute Gasteiger partial charge is 0.256 e. The lowest BCUT2D eigenvalue weighted by molar-refractivity contribution is 0.488. The maximum atomic E-state index is 7.12. The quantitative estimate of drug-likeness (QED) is 0.148. The number of thiophene rings is 2. The number of nitrogens with zero attached hydrogens (tertiary/aromatic N) is 3. The normalized spacial score (nSPS) is 12.6. The molecule has 4 heterocycles. The minimum Gasteiger partial charge on any atom is -0.458 e. The van der Waals surface area contributed by atoms with Gasteiger partial charge in [0, 0.05) is 85.8 Å². The minimum atomic E-state index is -0.0408. The van der Waals surface area contributed by atoms with Crippen molar-refractivity contribution >= 4 is 137 Å². The number of para-hydroxylation sites is 4. The number of rotatable bonds is 7. The van der Waals surface area contributed by atoms with Crippen LogP contribution in [-0.4, -0.2) is 6.71 Å². The van der Waals surface area contributed by atoms with Crippen molar-refractivity contribution in [1.29, 1.82) is 0 Å². The van der Waals surface area contributed by atoms with E-state index in [2.05, 4.69) is 248 Å². The van der Waals surface area contributed by atoms with Crippen LogP contribution in [0.2, 0.25) is 0 Å². The van der Waals surface area contributed by atoms with Gasteiger partial charge in [-0.15, -0.1) is 22.7 Å². The molecule has 0 aliphatic carbocycles. The number of aryl methyl sites for hydroxylation is 3. The first-order chi connectivity index (χ1) is 34.4. The monoisotopic (exact) mass is 933 g/mol. The molecule has 10 aromatic carbocycles. The molecule has 2 aromatic heterocycles. The lowest BCUT2D eigenvalue weighted by atomic mass is 9.34. The van der Waals surface area contributed by atoms with E-state index in [4.69, 9.17) is 4.74 Å². The zero-order valence-electron chi connectivity index (χ0n) is 38.9. The molecule has 0 atom stereocenters. The summed E-state index contributed by atoms with van der Waals surface area (Å²) in [7, 11) is 0. The number of anilines is 9. The summed E-state index contributed by atoms with van der Waals surface area (Å²) in [6, 6.07) is 77.6. The van der Waals surface area contributed by atoms with Crippen LogP contribution < -0.4 is 35.8 Å². The van der Waals surface area contributed by atoms with Gasteiger partial charge in [0.2, 0.25) is 0 Å². The van der Waals surface area contributed by atoms with Gasteiger partial charge < -0.3 is 19.4 Å². The van der Waals surface area contributed by atoms with Crippen LogP contribution in [0.3, 0.4) is 0 Å². The van der Waals surface area contributed by atoms with E-state index in [9.17, 15) is 0 Å². The molecule has 0 N–H and O–H groups in total. The highest BCUT2D eigenvalue weighted by Gasteiger charge is 2.43. The third kappa shape index (κ3) is 6.42. The van der Waals surface area contributed by atoms with Crippen molar-refractivity contribution in [3.05, 3.63) is 229 Å². The Kier molecular flexibility index (Phi) is 9.35. The number of hydrogen-bond acceptors (Lipinski definition) is 6. The van der Waals surface area contributed by atoms with E-state index < -0.39 is 0 Å². The van der Waals surface area contributed by atoms with Gasteiger partial charge in [-0.05, 0) is 157 Å². The largest absolute Gasteiger partial charge is 0.458 e. The van der Waals surface area contributed by atoms with Crippen molar-refractivity contribution in [3.8, 4) is 11.5 Å². The zero-order valence-corrected chi connectivity index (χ0v) is 40.5. The van der Waals surface area contributed by atoms with Crippen LogP contribution in [-0.2, 0) is 0 Å². The number of ether oxygens (including phenoxy) is 1. The molecule has 0 bridgehead atoms. The van der Waals surface area contributed by atoms with E-state index in [0.29, 0.717) is 0 Å². The lowest BCUT2D eigenvalue weighted by Gasteiger charge is -2.41. The Morgan fingerprint density at radius 3 is 1.37 bits per heavy atom. The Hall–Kier alpha value is -8.10. The fourth-order valence-electron chi connectivity index (χ4n) is 11.4. The molecule has 0 saturated carbocycles. The molecule has 332 valence electrons. The summed E-state index contributed by atoms with van der Waals surface area (Å²) in [6.07, 6.45) is 0. The Labute approximate surface area is 415 Å². The van der Waals surface area contributed by atoms with Gasteiger partial charge >= 0.3 is 0 Å². The Bertz CT molecular complexity index is 3940. The summed E-state index contributed by atoms with van der Waals surface area (Å²) in [6.45, 7) is 6.68. The average molecular weight is 934 g/mol. The van der Waals surface area contributed by atoms with Crippen LogP contribution in [0, 0.1) is 20.8 Å². The van der Waals surface area contributed by atoms with Gasteiger partial charge in [0.25, 0.3) is 6.71 Å². The molecule has 0 unspecified atom stereocenters. The van der Waals surface area contributed by atoms with Gasteiger partial charge in [-0.1, -0.05) is 109 Å². The van der Waals surface area contributed by atoms with Gasteiger partial charge in [0.1, 0.15) is 11.5 Å². The Morgan fingerprint density at radius 1 is 0.386 bits per heavy atom. The Balaban J connectivity index is 0.967. The molecular weight excluding hydrogens is 890 g/mol. The van der Waals surface area contributed by atoms with E-state index in [1.54, 1.807) is 0 Å². The Morgan fingerprint density at radius 2 is 0.857 bits per heavy atom. The number of fused-ring (bicyclic) bond motifs is 10. The van der Waals surface area contributed by atoms with Crippen molar-refractivity contribution in [2.24, 2.45) is 0 Å². The number of benzene rings is 10. The molecule has 0 amide bonds. The molecule has 4 nitrogen and oxygen atoms in total. The third-order valence-electron chi connectivity index (χ3n) is 14.3. The maximum Gasteiger partial charge on any atom is 0.256 e. The molecule has 14 rings (SSSR count). The molecule has 70 heavy (non-hydrogen) atoms. The van der Waals surface area contributed by atoms with E-state index in [0.717, 1.165) is 45.6 Å². The standard InChI is InChI=1S/C63H44BN3OS2/c1-39-31-40(2)63(41(3)32-39)67-54-25-16-26-56-62(54)64(52-37-60-50(35-55(52)67)48-29-27-46(33-58(48)69-60)65(42-17-8-4-9-18-42)43-19-10-5-11-20-43)53-38-61-51(36-57(53)68-56)49-30-28-47(34-59(49)70-61)66(44-21-12-6-13-22-44)45-23-14-7-15-24-45/h4-38H,1-3H3. The molecule has 2 aliphatic rings. The molecule has 0 saturated heterocycles. The molecular formula is C63H44BN3OS2. The third-order valence-corrected chi connectivity index (χ3v) is 16.5. The minimum absolute atomic E-state index is 0.0408. The fraction of sp³-hybridized carbons (Fsp3) is 0.0476. The summed E-state index contributed by atoms with van der Waals surface area (Å²) >= 11 is 3.75. The van der Waals surface area contributed by atoms with Crippen molar-refractivity contribution in [3.63, 3.8) is 0 Å². The van der Waals surface area contributed by atoms with Crippen molar-refractivity contribution in [1.82, 2.24) is 0 Å².